The zero-order valence-electron chi connectivity index (χ0n) is 12.6. The molecule has 2 aliphatic carbocycles. The van der Waals surface area contributed by atoms with Crippen LogP contribution >= 0.6 is 0 Å². The minimum atomic E-state index is 0.140. The van der Waals surface area contributed by atoms with Gasteiger partial charge in [-0.3, -0.25) is 4.79 Å². The molecule has 0 heterocycles. The number of carbonyl (C=O) groups is 1. The summed E-state index contributed by atoms with van der Waals surface area (Å²) in [5.41, 5.74) is 1.68. The number of amides is 1. The predicted octanol–water partition coefficient (Wildman–Crippen LogP) is 4.07. The number of anilines is 1. The van der Waals surface area contributed by atoms with E-state index in [0.717, 1.165) is 29.0 Å². The highest BCUT2D eigenvalue weighted by Gasteiger charge is 2.40. The maximum absolute atomic E-state index is 12.2. The van der Waals surface area contributed by atoms with Gasteiger partial charge in [0.1, 0.15) is 0 Å². The van der Waals surface area contributed by atoms with Gasteiger partial charge in [0.25, 0.3) is 0 Å². The van der Waals surface area contributed by atoms with Crippen LogP contribution in [0.2, 0.25) is 0 Å². The van der Waals surface area contributed by atoms with Gasteiger partial charge in [0.2, 0.25) is 5.91 Å². The van der Waals surface area contributed by atoms with E-state index < -0.39 is 0 Å². The summed E-state index contributed by atoms with van der Waals surface area (Å²) < 4.78 is 0. The minimum Gasteiger partial charge on any atom is -0.326 e. The van der Waals surface area contributed by atoms with E-state index in [1.807, 2.05) is 24.3 Å². The van der Waals surface area contributed by atoms with Crippen LogP contribution in [-0.2, 0) is 4.79 Å². The Morgan fingerprint density at radius 2 is 1.81 bits per heavy atom. The molecule has 1 unspecified atom stereocenters. The molecule has 1 aromatic rings. The van der Waals surface area contributed by atoms with Crippen molar-refractivity contribution in [1.82, 2.24) is 0 Å². The summed E-state index contributed by atoms with van der Waals surface area (Å²) in [5, 5.41) is 2.99. The second-order valence-corrected chi connectivity index (χ2v) is 6.91. The van der Waals surface area contributed by atoms with Crippen molar-refractivity contribution in [1.29, 1.82) is 0 Å². The number of rotatable bonds is 3. The molecule has 1 aromatic carbocycles. The number of carbonyl (C=O) groups excluding carboxylic acids is 1. The maximum atomic E-state index is 12.2. The SMILES string of the molecule is C#Cc1ccc(NC(=O)CC2C[C@@H]3C[C@H](C)C[C@@H]3C2)cc1. The predicted molar refractivity (Wildman–Crippen MR) is 85.7 cm³/mol. The van der Waals surface area contributed by atoms with E-state index in [4.69, 9.17) is 6.42 Å². The van der Waals surface area contributed by atoms with Crippen molar-refractivity contribution in [2.24, 2.45) is 23.7 Å². The smallest absolute Gasteiger partial charge is 0.224 e. The average Bonchev–Trinajstić information content (AvgIpc) is 2.96. The normalized spacial score (nSPS) is 30.7. The number of fused-ring (bicyclic) bond motifs is 1. The number of hydrogen-bond acceptors (Lipinski definition) is 1. The molecule has 2 fully saturated rings. The van der Waals surface area contributed by atoms with Gasteiger partial charge in [-0.25, -0.2) is 0 Å². The van der Waals surface area contributed by atoms with Crippen molar-refractivity contribution in [2.45, 2.75) is 39.0 Å². The van der Waals surface area contributed by atoms with Crippen LogP contribution in [0.25, 0.3) is 0 Å². The van der Waals surface area contributed by atoms with Crippen molar-refractivity contribution < 1.29 is 4.79 Å². The topological polar surface area (TPSA) is 29.1 Å². The number of benzene rings is 1. The van der Waals surface area contributed by atoms with Crippen LogP contribution in [0.1, 0.15) is 44.6 Å². The van der Waals surface area contributed by atoms with Gasteiger partial charge in [0, 0.05) is 17.7 Å². The minimum absolute atomic E-state index is 0.140. The molecular formula is C19H23NO. The van der Waals surface area contributed by atoms with Crippen LogP contribution in [0, 0.1) is 36.0 Å². The van der Waals surface area contributed by atoms with Gasteiger partial charge in [0.15, 0.2) is 0 Å². The molecule has 2 aliphatic rings. The molecule has 2 heteroatoms. The monoisotopic (exact) mass is 281 g/mol. The molecule has 0 spiro atoms. The Morgan fingerprint density at radius 1 is 1.19 bits per heavy atom. The van der Waals surface area contributed by atoms with Crippen LogP contribution < -0.4 is 5.32 Å². The van der Waals surface area contributed by atoms with Crippen LogP contribution in [0.3, 0.4) is 0 Å². The molecule has 0 aromatic heterocycles. The third-order valence-electron chi connectivity index (χ3n) is 5.16. The lowest BCUT2D eigenvalue weighted by Crippen LogP contribution is -2.15. The summed E-state index contributed by atoms with van der Waals surface area (Å²) in [7, 11) is 0. The number of hydrogen-bond donors (Lipinski definition) is 1. The van der Waals surface area contributed by atoms with E-state index in [1.54, 1.807) is 0 Å². The van der Waals surface area contributed by atoms with Gasteiger partial charge >= 0.3 is 0 Å². The van der Waals surface area contributed by atoms with Crippen molar-refractivity contribution in [3.8, 4) is 12.3 Å². The molecule has 1 N–H and O–H groups in total. The first-order chi connectivity index (χ1) is 10.1. The first-order valence-electron chi connectivity index (χ1n) is 8.00. The Balaban J connectivity index is 1.50. The largest absolute Gasteiger partial charge is 0.326 e. The standard InChI is InChI=1S/C19H23NO/c1-3-14-4-6-18(7-5-14)20-19(21)12-15-10-16-8-13(2)9-17(16)11-15/h1,4-7,13,15-17H,8-12H2,2H3,(H,20,21)/t13-,15?,16-,17+. The fourth-order valence-electron chi connectivity index (χ4n) is 4.34. The zero-order valence-corrected chi connectivity index (χ0v) is 12.6. The summed E-state index contributed by atoms with van der Waals surface area (Å²) in [6.45, 7) is 2.36. The quantitative estimate of drug-likeness (QED) is 0.831. The fourth-order valence-corrected chi connectivity index (χ4v) is 4.34. The zero-order chi connectivity index (χ0) is 14.8. The van der Waals surface area contributed by atoms with E-state index in [-0.39, 0.29) is 5.91 Å². The lowest BCUT2D eigenvalue weighted by Gasteiger charge is -2.12. The summed E-state index contributed by atoms with van der Waals surface area (Å²) >= 11 is 0. The molecule has 4 atom stereocenters. The summed E-state index contributed by atoms with van der Waals surface area (Å²) in [5.74, 6) is 5.96. The molecule has 21 heavy (non-hydrogen) atoms. The van der Waals surface area contributed by atoms with Crippen LogP contribution in [0.15, 0.2) is 24.3 Å². The summed E-state index contributed by atoms with van der Waals surface area (Å²) in [4.78, 5) is 12.2. The Morgan fingerprint density at radius 3 is 2.38 bits per heavy atom. The molecular weight excluding hydrogens is 258 g/mol. The Labute approximate surface area is 127 Å². The lowest BCUT2D eigenvalue weighted by molar-refractivity contribution is -0.117. The van der Waals surface area contributed by atoms with E-state index >= 15 is 0 Å². The van der Waals surface area contributed by atoms with Gasteiger partial charge in [-0.15, -0.1) is 6.42 Å². The highest BCUT2D eigenvalue weighted by atomic mass is 16.1. The summed E-state index contributed by atoms with van der Waals surface area (Å²) in [6, 6.07) is 7.46. The maximum Gasteiger partial charge on any atom is 0.224 e. The Hall–Kier alpha value is -1.75. The lowest BCUT2D eigenvalue weighted by atomic mass is 9.96. The molecule has 0 aliphatic heterocycles. The highest BCUT2D eigenvalue weighted by Crippen LogP contribution is 2.49. The third-order valence-corrected chi connectivity index (χ3v) is 5.16. The van der Waals surface area contributed by atoms with E-state index in [9.17, 15) is 4.79 Å². The van der Waals surface area contributed by atoms with Gasteiger partial charge in [-0.1, -0.05) is 12.8 Å². The number of nitrogens with one attached hydrogen (secondary N) is 1. The Bertz CT molecular complexity index is 540. The molecule has 2 saturated carbocycles. The Kier molecular flexibility index (Phi) is 4.01. The fraction of sp³-hybridized carbons (Fsp3) is 0.526. The van der Waals surface area contributed by atoms with Gasteiger partial charge in [0.05, 0.1) is 0 Å². The van der Waals surface area contributed by atoms with E-state index in [1.165, 1.54) is 25.7 Å². The average molecular weight is 281 g/mol. The first kappa shape index (κ1) is 14.2. The highest BCUT2D eigenvalue weighted by molar-refractivity contribution is 5.90. The number of terminal acetylenes is 1. The molecule has 2 nitrogen and oxygen atoms in total. The first-order valence-corrected chi connectivity index (χ1v) is 8.00. The van der Waals surface area contributed by atoms with Gasteiger partial charge < -0.3 is 5.32 Å². The molecule has 0 saturated heterocycles. The van der Waals surface area contributed by atoms with E-state index in [2.05, 4.69) is 18.2 Å². The van der Waals surface area contributed by atoms with Crippen molar-refractivity contribution in [3.05, 3.63) is 29.8 Å². The van der Waals surface area contributed by atoms with Crippen LogP contribution in [-0.4, -0.2) is 5.91 Å². The van der Waals surface area contributed by atoms with Gasteiger partial charge in [-0.2, -0.15) is 0 Å². The van der Waals surface area contributed by atoms with E-state index in [0.29, 0.717) is 12.3 Å². The third kappa shape index (κ3) is 3.29. The molecule has 0 radical (unpaired) electrons. The molecule has 0 bridgehead atoms. The van der Waals surface area contributed by atoms with Crippen molar-refractivity contribution in [3.63, 3.8) is 0 Å². The molecule has 1 amide bonds. The van der Waals surface area contributed by atoms with Crippen molar-refractivity contribution in [2.75, 3.05) is 5.32 Å². The van der Waals surface area contributed by atoms with Crippen LogP contribution in [0.4, 0.5) is 5.69 Å². The second-order valence-electron chi connectivity index (χ2n) is 6.91. The molecule has 3 rings (SSSR count). The second kappa shape index (κ2) is 5.93. The van der Waals surface area contributed by atoms with Crippen molar-refractivity contribution >= 4 is 11.6 Å². The van der Waals surface area contributed by atoms with Gasteiger partial charge in [-0.05, 0) is 73.6 Å². The van der Waals surface area contributed by atoms with Crippen LogP contribution in [0.5, 0.6) is 0 Å². The molecule has 110 valence electrons. The summed E-state index contributed by atoms with van der Waals surface area (Å²) in [6.07, 6.45) is 11.2.